The molecule has 5 heteroatoms. The Labute approximate surface area is 155 Å². The zero-order valence-electron chi connectivity index (χ0n) is 15.9. The largest absolute Gasteiger partial charge is 0.494 e. The van der Waals surface area contributed by atoms with Crippen LogP contribution in [0.5, 0.6) is 11.5 Å². The van der Waals surface area contributed by atoms with Gasteiger partial charge in [-0.2, -0.15) is 0 Å². The van der Waals surface area contributed by atoms with Gasteiger partial charge in [0.25, 0.3) is 5.91 Å². The maximum Gasteiger partial charge on any atom is 0.251 e. The van der Waals surface area contributed by atoms with Crippen LogP contribution in [0.3, 0.4) is 0 Å². The first-order valence-corrected chi connectivity index (χ1v) is 9.10. The van der Waals surface area contributed by atoms with Gasteiger partial charge in [0.05, 0.1) is 13.7 Å². The van der Waals surface area contributed by atoms with Crippen LogP contribution in [-0.4, -0.2) is 39.8 Å². The Kier molecular flexibility index (Phi) is 7.96. The molecule has 0 spiro atoms. The van der Waals surface area contributed by atoms with Crippen molar-refractivity contribution in [2.45, 2.75) is 19.9 Å². The quantitative estimate of drug-likeness (QED) is 0.683. The van der Waals surface area contributed by atoms with Crippen LogP contribution < -0.4 is 19.7 Å². The van der Waals surface area contributed by atoms with Crippen molar-refractivity contribution in [2.24, 2.45) is 0 Å². The average Bonchev–Trinajstić information content (AvgIpc) is 2.67. The van der Waals surface area contributed by atoms with Gasteiger partial charge in [0.15, 0.2) is 0 Å². The zero-order chi connectivity index (χ0) is 18.8. The predicted octanol–water partition coefficient (Wildman–Crippen LogP) is 1.93. The Morgan fingerprint density at radius 2 is 1.54 bits per heavy atom. The van der Waals surface area contributed by atoms with E-state index in [0.717, 1.165) is 37.6 Å². The number of likely N-dealkylation sites (N-methyl/N-ethyl adjacent to an activating group) is 1. The average molecular weight is 357 g/mol. The second kappa shape index (κ2) is 10.5. The third kappa shape index (κ3) is 6.41. The van der Waals surface area contributed by atoms with E-state index in [1.807, 2.05) is 48.5 Å². The lowest BCUT2D eigenvalue weighted by molar-refractivity contribution is -0.893. The Morgan fingerprint density at radius 3 is 2.08 bits per heavy atom. The minimum atomic E-state index is -0.0586. The minimum Gasteiger partial charge on any atom is -0.494 e. The monoisotopic (exact) mass is 357 g/mol. The fourth-order valence-electron chi connectivity index (χ4n) is 2.55. The van der Waals surface area contributed by atoms with Gasteiger partial charge >= 0.3 is 0 Å². The van der Waals surface area contributed by atoms with Gasteiger partial charge in [-0.05, 0) is 42.8 Å². The number of amides is 1. The van der Waals surface area contributed by atoms with Crippen LogP contribution in [0.4, 0.5) is 0 Å². The van der Waals surface area contributed by atoms with Gasteiger partial charge in [-0.15, -0.1) is 0 Å². The van der Waals surface area contributed by atoms with Crippen LogP contribution >= 0.6 is 0 Å². The van der Waals surface area contributed by atoms with Gasteiger partial charge in [-0.1, -0.05) is 19.1 Å². The maximum atomic E-state index is 11.6. The molecule has 2 aromatic rings. The molecule has 0 bridgehead atoms. The van der Waals surface area contributed by atoms with E-state index in [4.69, 9.17) is 9.47 Å². The van der Waals surface area contributed by atoms with Crippen LogP contribution in [0, 0.1) is 0 Å². The number of benzene rings is 2. The summed E-state index contributed by atoms with van der Waals surface area (Å²) < 4.78 is 11.4. The van der Waals surface area contributed by atoms with Crippen molar-refractivity contribution in [3.05, 3.63) is 59.7 Å². The first-order chi connectivity index (χ1) is 12.6. The summed E-state index contributed by atoms with van der Waals surface area (Å²) in [6.45, 7) is 5.26. The standard InChI is InChI=1S/C21H28N2O3/c1-4-14-25-19-9-11-20(12-10-19)26-15-13-23(3)16-17-5-7-18(8-6-17)21(24)22-2/h5-12H,4,13-16H2,1-3H3,(H,22,24)/p+1. The van der Waals surface area contributed by atoms with E-state index in [9.17, 15) is 4.79 Å². The van der Waals surface area contributed by atoms with E-state index in [1.54, 1.807) is 7.05 Å². The fourth-order valence-corrected chi connectivity index (χ4v) is 2.55. The Morgan fingerprint density at radius 1 is 0.962 bits per heavy atom. The van der Waals surface area contributed by atoms with Gasteiger partial charge in [0.2, 0.25) is 0 Å². The first kappa shape index (κ1) is 19.8. The molecule has 0 fully saturated rings. The van der Waals surface area contributed by atoms with E-state index < -0.39 is 0 Å². The summed E-state index contributed by atoms with van der Waals surface area (Å²) in [7, 11) is 3.78. The topological polar surface area (TPSA) is 52.0 Å². The van der Waals surface area contributed by atoms with Crippen molar-refractivity contribution >= 4 is 5.91 Å². The van der Waals surface area contributed by atoms with Gasteiger partial charge in [0, 0.05) is 18.2 Å². The van der Waals surface area contributed by atoms with Crippen molar-refractivity contribution < 1.29 is 19.2 Å². The Balaban J connectivity index is 1.73. The normalized spacial score (nSPS) is 11.7. The number of carbonyl (C=O) groups excluding carboxylic acids is 1. The molecule has 0 saturated carbocycles. The third-order valence-corrected chi connectivity index (χ3v) is 4.04. The molecular weight excluding hydrogens is 328 g/mol. The SMILES string of the molecule is CCCOc1ccc(OCC[NH+](C)Cc2ccc(C(=O)NC)cc2)cc1. The highest BCUT2D eigenvalue weighted by atomic mass is 16.5. The van der Waals surface area contributed by atoms with Gasteiger partial charge in [-0.25, -0.2) is 0 Å². The molecule has 2 N–H and O–H groups in total. The number of hydrogen-bond donors (Lipinski definition) is 2. The van der Waals surface area contributed by atoms with E-state index in [-0.39, 0.29) is 5.91 Å². The van der Waals surface area contributed by atoms with Crippen LogP contribution in [0.1, 0.15) is 29.3 Å². The highest BCUT2D eigenvalue weighted by Crippen LogP contribution is 2.17. The van der Waals surface area contributed by atoms with Crippen molar-refractivity contribution in [3.63, 3.8) is 0 Å². The summed E-state index contributed by atoms with van der Waals surface area (Å²) in [4.78, 5) is 12.9. The molecule has 1 unspecified atom stereocenters. The number of hydrogen-bond acceptors (Lipinski definition) is 3. The van der Waals surface area contributed by atoms with E-state index in [0.29, 0.717) is 12.2 Å². The van der Waals surface area contributed by atoms with Gasteiger partial charge in [0.1, 0.15) is 31.2 Å². The van der Waals surface area contributed by atoms with Crippen LogP contribution in [0.2, 0.25) is 0 Å². The van der Waals surface area contributed by atoms with E-state index >= 15 is 0 Å². The molecular formula is C21H29N2O3+. The molecule has 140 valence electrons. The Hall–Kier alpha value is -2.53. The molecule has 0 radical (unpaired) electrons. The summed E-state index contributed by atoms with van der Waals surface area (Å²) >= 11 is 0. The minimum absolute atomic E-state index is 0.0586. The molecule has 0 aromatic heterocycles. The number of nitrogens with one attached hydrogen (secondary N) is 2. The number of quaternary nitrogens is 1. The smallest absolute Gasteiger partial charge is 0.251 e. The predicted molar refractivity (Wildman–Crippen MR) is 103 cm³/mol. The summed E-state index contributed by atoms with van der Waals surface area (Å²) in [5, 5.41) is 2.63. The molecule has 0 aliphatic heterocycles. The first-order valence-electron chi connectivity index (χ1n) is 9.10. The third-order valence-electron chi connectivity index (χ3n) is 4.04. The molecule has 2 rings (SSSR count). The van der Waals surface area contributed by atoms with Crippen LogP contribution in [0.25, 0.3) is 0 Å². The molecule has 0 aliphatic carbocycles. The molecule has 2 aromatic carbocycles. The van der Waals surface area contributed by atoms with Gasteiger partial charge in [-0.3, -0.25) is 4.79 Å². The Bertz CT molecular complexity index is 669. The van der Waals surface area contributed by atoms with Crippen molar-refractivity contribution in [2.75, 3.05) is 33.9 Å². The molecule has 5 nitrogen and oxygen atoms in total. The zero-order valence-corrected chi connectivity index (χ0v) is 15.9. The molecule has 0 heterocycles. The number of rotatable bonds is 10. The second-order valence-electron chi connectivity index (χ2n) is 6.33. The van der Waals surface area contributed by atoms with Crippen molar-refractivity contribution in [1.82, 2.24) is 5.32 Å². The van der Waals surface area contributed by atoms with Gasteiger partial charge < -0.3 is 19.7 Å². The molecule has 0 aliphatic rings. The summed E-state index contributed by atoms with van der Waals surface area (Å²) in [5.41, 5.74) is 1.89. The lowest BCUT2D eigenvalue weighted by Crippen LogP contribution is -3.08. The lowest BCUT2D eigenvalue weighted by Gasteiger charge is -2.15. The maximum absolute atomic E-state index is 11.6. The van der Waals surface area contributed by atoms with Crippen molar-refractivity contribution in [1.29, 1.82) is 0 Å². The molecule has 1 atom stereocenters. The highest BCUT2D eigenvalue weighted by molar-refractivity contribution is 5.93. The molecule has 0 saturated heterocycles. The molecule has 26 heavy (non-hydrogen) atoms. The number of ether oxygens (including phenoxy) is 2. The summed E-state index contributed by atoms with van der Waals surface area (Å²) in [5.74, 6) is 1.68. The van der Waals surface area contributed by atoms with Crippen LogP contribution in [-0.2, 0) is 6.54 Å². The summed E-state index contributed by atoms with van der Waals surface area (Å²) in [6.07, 6.45) is 1.00. The van der Waals surface area contributed by atoms with E-state index in [1.165, 1.54) is 10.5 Å². The lowest BCUT2D eigenvalue weighted by atomic mass is 10.1. The fraction of sp³-hybridized carbons (Fsp3) is 0.381. The van der Waals surface area contributed by atoms with E-state index in [2.05, 4.69) is 19.3 Å². The van der Waals surface area contributed by atoms with Crippen molar-refractivity contribution in [3.8, 4) is 11.5 Å². The second-order valence-corrected chi connectivity index (χ2v) is 6.33. The summed E-state index contributed by atoms with van der Waals surface area (Å²) in [6, 6.07) is 15.5. The van der Waals surface area contributed by atoms with Crippen LogP contribution in [0.15, 0.2) is 48.5 Å². The highest BCUT2D eigenvalue weighted by Gasteiger charge is 2.07. The number of carbonyl (C=O) groups is 1. The molecule has 1 amide bonds.